The lowest BCUT2D eigenvalue weighted by molar-refractivity contribution is 0.0958. The van der Waals surface area contributed by atoms with Crippen molar-refractivity contribution in [3.63, 3.8) is 0 Å². The Morgan fingerprint density at radius 2 is 2.15 bits per heavy atom. The van der Waals surface area contributed by atoms with Crippen LogP contribution in [0.3, 0.4) is 0 Å². The van der Waals surface area contributed by atoms with E-state index in [-0.39, 0.29) is 11.4 Å². The number of amides is 1. The third-order valence-corrected chi connectivity index (χ3v) is 4.27. The Balaban J connectivity index is 1.82. The molecular formula is C20H20N6O. The standard InChI is InChI=1S/C20H20N6O/c1-12-7-8-13-11-26(3)19-14(17(13)23-12)5-4-6-16(19)24-15-9-10-22-25-18(15)20(27)21-2/h4-10H,11H2,1-3H3,(H,21,27)(H,22,24)/i2D3,11D2. The highest BCUT2D eigenvalue weighted by Crippen LogP contribution is 2.43. The highest BCUT2D eigenvalue weighted by molar-refractivity contribution is 5.99. The summed E-state index contributed by atoms with van der Waals surface area (Å²) in [6.45, 7) is -2.67. The maximum atomic E-state index is 12.4. The molecule has 0 spiro atoms. The maximum Gasteiger partial charge on any atom is 0.273 e. The minimum atomic E-state index is -2.68. The lowest BCUT2D eigenvalue weighted by Gasteiger charge is -2.31. The van der Waals surface area contributed by atoms with Crippen molar-refractivity contribution in [3.8, 4) is 11.3 Å². The number of para-hydroxylation sites is 1. The van der Waals surface area contributed by atoms with Gasteiger partial charge in [0.2, 0.25) is 0 Å². The summed E-state index contributed by atoms with van der Waals surface area (Å²) in [4.78, 5) is 18.5. The van der Waals surface area contributed by atoms with E-state index < -0.39 is 19.4 Å². The first-order valence-corrected chi connectivity index (χ1v) is 8.25. The second kappa shape index (κ2) is 6.68. The summed E-state index contributed by atoms with van der Waals surface area (Å²) >= 11 is 0. The highest BCUT2D eigenvalue weighted by atomic mass is 16.1. The smallest absolute Gasteiger partial charge is 0.273 e. The average molecular weight is 365 g/mol. The highest BCUT2D eigenvalue weighted by Gasteiger charge is 2.24. The van der Waals surface area contributed by atoms with Crippen LogP contribution < -0.4 is 15.5 Å². The molecule has 0 saturated carbocycles. The summed E-state index contributed by atoms with van der Waals surface area (Å²) < 4.78 is 39.1. The molecule has 0 fully saturated rings. The van der Waals surface area contributed by atoms with Crippen LogP contribution in [0.4, 0.5) is 17.1 Å². The van der Waals surface area contributed by atoms with Crippen molar-refractivity contribution in [2.24, 2.45) is 0 Å². The van der Waals surface area contributed by atoms with Gasteiger partial charge in [-0.3, -0.25) is 9.78 Å². The van der Waals surface area contributed by atoms with E-state index in [4.69, 9.17) is 6.85 Å². The Bertz CT molecular complexity index is 1210. The van der Waals surface area contributed by atoms with E-state index in [0.717, 1.165) is 11.3 Å². The second-order valence-corrected chi connectivity index (χ2v) is 6.09. The number of aromatic nitrogens is 3. The van der Waals surface area contributed by atoms with Gasteiger partial charge in [0.1, 0.15) is 0 Å². The number of nitrogens with one attached hydrogen (secondary N) is 2. The molecule has 27 heavy (non-hydrogen) atoms. The Labute approximate surface area is 164 Å². The van der Waals surface area contributed by atoms with Gasteiger partial charge in [-0.25, -0.2) is 0 Å². The van der Waals surface area contributed by atoms with E-state index in [0.29, 0.717) is 22.6 Å². The molecule has 0 aliphatic carbocycles. The number of pyridine rings is 1. The van der Waals surface area contributed by atoms with E-state index in [1.165, 1.54) is 17.2 Å². The van der Waals surface area contributed by atoms with Gasteiger partial charge in [-0.15, -0.1) is 5.10 Å². The van der Waals surface area contributed by atoms with Gasteiger partial charge in [-0.2, -0.15) is 5.10 Å². The van der Waals surface area contributed by atoms with Crippen LogP contribution in [0.5, 0.6) is 0 Å². The van der Waals surface area contributed by atoms with E-state index >= 15 is 0 Å². The first-order chi connectivity index (χ1) is 15.0. The molecule has 0 unspecified atom stereocenters. The van der Waals surface area contributed by atoms with Gasteiger partial charge in [0.25, 0.3) is 5.91 Å². The number of rotatable bonds is 3. The van der Waals surface area contributed by atoms with Crippen molar-refractivity contribution >= 4 is 23.0 Å². The number of hydrogen-bond acceptors (Lipinski definition) is 6. The van der Waals surface area contributed by atoms with Gasteiger partial charge in [-0.1, -0.05) is 18.2 Å². The van der Waals surface area contributed by atoms with E-state index in [1.54, 1.807) is 31.3 Å². The molecule has 0 atom stereocenters. The average Bonchev–Trinajstić information content (AvgIpc) is 2.71. The summed E-state index contributed by atoms with van der Waals surface area (Å²) in [5, 5.41) is 12.5. The predicted molar refractivity (Wildman–Crippen MR) is 105 cm³/mol. The first-order valence-electron chi connectivity index (χ1n) is 10.8. The molecule has 0 bridgehead atoms. The number of hydrogen-bond donors (Lipinski definition) is 2. The van der Waals surface area contributed by atoms with Crippen LogP contribution in [0.15, 0.2) is 42.6 Å². The third kappa shape index (κ3) is 2.97. The molecule has 136 valence electrons. The minimum absolute atomic E-state index is 0.197. The molecule has 2 aromatic heterocycles. The van der Waals surface area contributed by atoms with Crippen molar-refractivity contribution in [1.29, 1.82) is 0 Å². The lowest BCUT2D eigenvalue weighted by atomic mass is 9.97. The van der Waals surface area contributed by atoms with Crippen molar-refractivity contribution in [1.82, 2.24) is 20.5 Å². The van der Waals surface area contributed by atoms with Gasteiger partial charge in [0.05, 0.1) is 31.7 Å². The molecular weight excluding hydrogens is 340 g/mol. The van der Waals surface area contributed by atoms with Crippen molar-refractivity contribution in [2.45, 2.75) is 13.4 Å². The summed E-state index contributed by atoms with van der Waals surface area (Å²) in [6.07, 6.45) is 1.37. The minimum Gasteiger partial charge on any atom is -0.368 e. The number of carbonyl (C=O) groups excluding carboxylic acids is 1. The number of aryl methyl sites for hydroxylation is 1. The Morgan fingerprint density at radius 1 is 1.26 bits per heavy atom. The van der Waals surface area contributed by atoms with Crippen LogP contribution in [0.2, 0.25) is 0 Å². The van der Waals surface area contributed by atoms with E-state index in [9.17, 15) is 4.79 Å². The number of benzene rings is 1. The number of fused-ring (bicyclic) bond motifs is 3. The summed E-state index contributed by atoms with van der Waals surface area (Å²) in [6, 6.07) is 10.4. The molecule has 0 radical (unpaired) electrons. The molecule has 7 nitrogen and oxygen atoms in total. The zero-order valence-corrected chi connectivity index (χ0v) is 14.7. The molecule has 4 rings (SSSR count). The van der Waals surface area contributed by atoms with Gasteiger partial charge in [0.15, 0.2) is 5.69 Å². The summed E-state index contributed by atoms with van der Waals surface area (Å²) in [7, 11) is 1.64. The second-order valence-electron chi connectivity index (χ2n) is 6.09. The van der Waals surface area contributed by atoms with Gasteiger partial charge in [-0.05, 0) is 30.7 Å². The third-order valence-electron chi connectivity index (χ3n) is 4.27. The molecule has 7 heteroatoms. The molecule has 3 aromatic rings. The number of carbonyl (C=O) groups is 1. The molecule has 1 amide bonds. The zero-order valence-electron chi connectivity index (χ0n) is 19.7. The lowest BCUT2D eigenvalue weighted by Crippen LogP contribution is -2.24. The maximum absolute atomic E-state index is 12.4. The molecule has 1 aliphatic heterocycles. The number of anilines is 3. The fraction of sp³-hybridized carbons (Fsp3) is 0.200. The monoisotopic (exact) mass is 365 g/mol. The van der Waals surface area contributed by atoms with Gasteiger partial charge < -0.3 is 15.5 Å². The Hall–Kier alpha value is -3.48. The molecule has 1 aromatic carbocycles. The summed E-state index contributed by atoms with van der Waals surface area (Å²) in [5.41, 5.74) is 3.56. The Kier molecular flexibility index (Phi) is 2.97. The van der Waals surface area contributed by atoms with Crippen LogP contribution in [0.25, 0.3) is 11.3 Å². The fourth-order valence-electron chi connectivity index (χ4n) is 3.09. The molecule has 3 heterocycles. The van der Waals surface area contributed by atoms with E-state index in [1.807, 2.05) is 18.3 Å². The van der Waals surface area contributed by atoms with Crippen LogP contribution in [-0.4, -0.2) is 35.1 Å². The zero-order chi connectivity index (χ0) is 23.3. The summed E-state index contributed by atoms with van der Waals surface area (Å²) in [5.74, 6) is -0.906. The van der Waals surface area contributed by atoms with Gasteiger partial charge >= 0.3 is 0 Å². The SMILES string of the molecule is [2H]C([2H])([2H])NC(=O)c1nnccc1Nc1cccc2c1N(C)C([2H])([2H])c1ccc(C)nc1-2. The van der Waals surface area contributed by atoms with Crippen molar-refractivity contribution in [2.75, 3.05) is 24.2 Å². The normalized spacial score (nSPS) is 17.3. The molecule has 2 N–H and O–H groups in total. The fourth-order valence-corrected chi connectivity index (χ4v) is 3.09. The first kappa shape index (κ1) is 12.0. The van der Waals surface area contributed by atoms with Crippen LogP contribution in [0, 0.1) is 6.92 Å². The van der Waals surface area contributed by atoms with Gasteiger partial charge in [0, 0.05) is 35.9 Å². The molecule has 0 saturated heterocycles. The quantitative estimate of drug-likeness (QED) is 0.743. The number of nitrogens with zero attached hydrogens (tertiary/aromatic N) is 4. The van der Waals surface area contributed by atoms with E-state index in [2.05, 4.69) is 20.5 Å². The van der Waals surface area contributed by atoms with Crippen LogP contribution in [0.1, 0.15) is 28.6 Å². The Morgan fingerprint density at radius 3 is 3.00 bits per heavy atom. The van der Waals surface area contributed by atoms with Crippen LogP contribution >= 0.6 is 0 Å². The van der Waals surface area contributed by atoms with Crippen LogP contribution in [-0.2, 0) is 6.50 Å². The predicted octanol–water partition coefficient (Wildman–Crippen LogP) is 2.90. The van der Waals surface area contributed by atoms with Crippen molar-refractivity contribution in [3.05, 3.63) is 59.5 Å². The van der Waals surface area contributed by atoms with Crippen molar-refractivity contribution < 1.29 is 11.6 Å². The molecule has 1 aliphatic rings. The topological polar surface area (TPSA) is 83.0 Å². The largest absolute Gasteiger partial charge is 0.368 e.